The number of hydrogen-bond donors (Lipinski definition) is 1. The average Bonchev–Trinajstić information content (AvgIpc) is 3.11. The molecule has 1 aromatic rings. The van der Waals surface area contributed by atoms with Crippen molar-refractivity contribution in [2.24, 2.45) is 11.8 Å². The van der Waals surface area contributed by atoms with E-state index < -0.39 is 103 Å². The molecular weight excluding hydrogens is 740 g/mol. The van der Waals surface area contributed by atoms with Gasteiger partial charge in [0.15, 0.2) is 18.3 Å². The standard InChI is InChI=1S/C39H50O17/c1-8-30-31(17-29-16-26(45)15-28(54-29)14-11-25-9-12-27(13-10-25)50-21(3)41)32(37(46)47-7)18-49-38(30)56-39-36(53-24(6)44)35(52-23(5)43)34(51-22(4)42)33(55-39)19-48-20(2)40/h9-10,12-13,15,18,26,29-31,33-36,38-39,45H,8,11,14,16-17,19H2,1-7H3/t26-,29+,30+,31-,33+,34+,35-,36+,38-,39-/m0/s1. The summed E-state index contributed by atoms with van der Waals surface area (Å²) in [7, 11) is 1.24. The number of allylic oxidation sites excluding steroid dienone is 1. The molecule has 3 aliphatic heterocycles. The molecule has 4 rings (SSSR count). The molecule has 17 nitrogen and oxygen atoms in total. The predicted molar refractivity (Wildman–Crippen MR) is 190 cm³/mol. The van der Waals surface area contributed by atoms with Gasteiger partial charge in [-0.15, -0.1) is 0 Å². The second-order valence-corrected chi connectivity index (χ2v) is 13.6. The number of benzene rings is 1. The molecule has 3 aliphatic rings. The van der Waals surface area contributed by atoms with Crippen molar-refractivity contribution < 1.29 is 81.2 Å². The Labute approximate surface area is 324 Å². The Hall–Kier alpha value is -5.00. The zero-order valence-electron chi connectivity index (χ0n) is 32.5. The first-order valence-corrected chi connectivity index (χ1v) is 18.3. The summed E-state index contributed by atoms with van der Waals surface area (Å²) in [5, 5.41) is 10.9. The zero-order valence-corrected chi connectivity index (χ0v) is 32.5. The number of aryl methyl sites for hydroxylation is 1. The number of rotatable bonds is 15. The number of aliphatic hydroxyl groups excluding tert-OH is 1. The first-order chi connectivity index (χ1) is 26.6. The Morgan fingerprint density at radius 3 is 2.04 bits per heavy atom. The Bertz CT molecular complexity index is 1630. The van der Waals surface area contributed by atoms with Gasteiger partial charge in [0.25, 0.3) is 0 Å². The van der Waals surface area contributed by atoms with Crippen molar-refractivity contribution in [2.75, 3.05) is 13.7 Å². The van der Waals surface area contributed by atoms with E-state index in [1.54, 1.807) is 18.2 Å². The quantitative estimate of drug-likeness (QED) is 0.153. The van der Waals surface area contributed by atoms with Crippen LogP contribution < -0.4 is 4.74 Å². The number of aliphatic hydroxyl groups is 1. The molecule has 0 unspecified atom stereocenters. The van der Waals surface area contributed by atoms with Crippen LogP contribution in [-0.2, 0) is 77.8 Å². The Morgan fingerprint density at radius 2 is 1.45 bits per heavy atom. The lowest BCUT2D eigenvalue weighted by Gasteiger charge is -2.46. The second kappa shape index (κ2) is 20.2. The van der Waals surface area contributed by atoms with Crippen molar-refractivity contribution >= 4 is 35.8 Å². The first kappa shape index (κ1) is 43.7. The fraction of sp³-hybridized carbons (Fsp3) is 0.590. The van der Waals surface area contributed by atoms with Crippen LogP contribution in [0.4, 0.5) is 0 Å². The van der Waals surface area contributed by atoms with Gasteiger partial charge in [-0.05, 0) is 43.0 Å². The number of esters is 6. The highest BCUT2D eigenvalue weighted by molar-refractivity contribution is 5.88. The molecule has 0 saturated carbocycles. The maximum atomic E-state index is 13.1. The van der Waals surface area contributed by atoms with Crippen molar-refractivity contribution in [3.05, 3.63) is 53.5 Å². The molecule has 308 valence electrons. The van der Waals surface area contributed by atoms with Gasteiger partial charge in [0, 0.05) is 59.3 Å². The summed E-state index contributed by atoms with van der Waals surface area (Å²) in [6, 6.07) is 7.06. The van der Waals surface area contributed by atoms with Crippen molar-refractivity contribution in [3.63, 3.8) is 0 Å². The largest absolute Gasteiger partial charge is 0.495 e. The molecule has 1 N–H and O–H groups in total. The minimum Gasteiger partial charge on any atom is -0.495 e. The van der Waals surface area contributed by atoms with Gasteiger partial charge in [-0.3, -0.25) is 24.0 Å². The van der Waals surface area contributed by atoms with E-state index in [9.17, 15) is 33.9 Å². The number of ether oxygens (including phenoxy) is 10. The van der Waals surface area contributed by atoms with Crippen molar-refractivity contribution in [2.45, 2.75) is 123 Å². The van der Waals surface area contributed by atoms with Crippen LogP contribution in [-0.4, -0.2) is 104 Å². The highest BCUT2D eigenvalue weighted by Crippen LogP contribution is 2.41. The molecule has 0 aromatic heterocycles. The molecule has 56 heavy (non-hydrogen) atoms. The van der Waals surface area contributed by atoms with Crippen LogP contribution in [0.5, 0.6) is 5.75 Å². The molecule has 0 spiro atoms. The first-order valence-electron chi connectivity index (χ1n) is 18.3. The second-order valence-electron chi connectivity index (χ2n) is 13.6. The van der Waals surface area contributed by atoms with E-state index in [1.807, 2.05) is 19.1 Å². The summed E-state index contributed by atoms with van der Waals surface area (Å²) < 4.78 is 56.8. The number of methoxy groups -OCH3 is 1. The summed E-state index contributed by atoms with van der Waals surface area (Å²) in [6.45, 7) is 7.22. The molecular formula is C39H50O17. The van der Waals surface area contributed by atoms with Gasteiger partial charge in [-0.1, -0.05) is 19.1 Å². The normalized spacial score (nSPS) is 28.5. The fourth-order valence-corrected chi connectivity index (χ4v) is 6.99. The van der Waals surface area contributed by atoms with Crippen molar-refractivity contribution in [1.82, 2.24) is 0 Å². The molecule has 1 aromatic carbocycles. The van der Waals surface area contributed by atoms with Crippen LogP contribution in [0.15, 0.2) is 47.9 Å². The van der Waals surface area contributed by atoms with E-state index in [2.05, 4.69) is 0 Å². The lowest BCUT2D eigenvalue weighted by Crippen LogP contribution is -2.63. The third kappa shape index (κ3) is 12.2. The van der Waals surface area contributed by atoms with Gasteiger partial charge in [0.1, 0.15) is 24.6 Å². The van der Waals surface area contributed by atoms with E-state index >= 15 is 0 Å². The highest BCUT2D eigenvalue weighted by atomic mass is 16.8. The molecule has 1 saturated heterocycles. The lowest BCUT2D eigenvalue weighted by molar-refractivity contribution is -0.344. The summed E-state index contributed by atoms with van der Waals surface area (Å²) in [6.07, 6.45) is -4.95. The highest BCUT2D eigenvalue weighted by Gasteiger charge is 2.54. The van der Waals surface area contributed by atoms with Gasteiger partial charge >= 0.3 is 35.8 Å². The lowest BCUT2D eigenvalue weighted by atomic mass is 9.78. The van der Waals surface area contributed by atoms with Crippen LogP contribution in [0, 0.1) is 11.8 Å². The van der Waals surface area contributed by atoms with Crippen LogP contribution in [0.25, 0.3) is 0 Å². The molecule has 0 bridgehead atoms. The van der Waals surface area contributed by atoms with Crippen LogP contribution in [0.1, 0.15) is 72.8 Å². The predicted octanol–water partition coefficient (Wildman–Crippen LogP) is 3.12. The van der Waals surface area contributed by atoms with Gasteiger partial charge in [0.05, 0.1) is 30.8 Å². The van der Waals surface area contributed by atoms with Crippen molar-refractivity contribution in [3.8, 4) is 5.75 Å². The van der Waals surface area contributed by atoms with Gasteiger partial charge < -0.3 is 52.5 Å². The number of hydrogen-bond acceptors (Lipinski definition) is 17. The van der Waals surface area contributed by atoms with Crippen LogP contribution >= 0.6 is 0 Å². The van der Waals surface area contributed by atoms with E-state index in [1.165, 1.54) is 20.3 Å². The summed E-state index contributed by atoms with van der Waals surface area (Å²) in [5.74, 6) is -4.34. The Kier molecular flexibility index (Phi) is 15.8. The Balaban J connectivity index is 1.58. The van der Waals surface area contributed by atoms with E-state index in [-0.39, 0.29) is 18.4 Å². The minimum absolute atomic E-state index is 0.197. The van der Waals surface area contributed by atoms with Crippen LogP contribution in [0.3, 0.4) is 0 Å². The smallest absolute Gasteiger partial charge is 0.337 e. The number of carbonyl (C=O) groups is 6. The third-order valence-electron chi connectivity index (χ3n) is 9.27. The number of carbonyl (C=O) groups excluding carboxylic acids is 6. The summed E-state index contributed by atoms with van der Waals surface area (Å²) in [5.41, 5.74) is 1.15. The zero-order chi connectivity index (χ0) is 41.1. The summed E-state index contributed by atoms with van der Waals surface area (Å²) >= 11 is 0. The van der Waals surface area contributed by atoms with Crippen LogP contribution in [0.2, 0.25) is 0 Å². The molecule has 0 aliphatic carbocycles. The van der Waals surface area contributed by atoms with E-state index in [0.29, 0.717) is 30.8 Å². The molecule has 10 atom stereocenters. The molecule has 3 heterocycles. The fourth-order valence-electron chi connectivity index (χ4n) is 6.99. The third-order valence-corrected chi connectivity index (χ3v) is 9.27. The van der Waals surface area contributed by atoms with Gasteiger partial charge in [0.2, 0.25) is 12.6 Å². The topological polar surface area (TPSA) is 215 Å². The van der Waals surface area contributed by atoms with E-state index in [4.69, 9.17) is 47.4 Å². The molecule has 17 heteroatoms. The average molecular weight is 791 g/mol. The molecule has 0 amide bonds. The SMILES string of the molecule is CC[C@H]1[C@H](O[C@@H]2O[C@H](COC(C)=O)[C@@H](OC(C)=O)[C@H](OC(C)=O)[C@H]2OC(C)=O)OC=C(C(=O)OC)[C@H]1C[C@H]1C[C@@H](O)C=C(CCc2ccc(OC(C)=O)cc2)O1. The Morgan fingerprint density at radius 1 is 0.804 bits per heavy atom. The summed E-state index contributed by atoms with van der Waals surface area (Å²) in [4.78, 5) is 73.0. The maximum Gasteiger partial charge on any atom is 0.337 e. The van der Waals surface area contributed by atoms with Gasteiger partial charge in [-0.2, -0.15) is 0 Å². The van der Waals surface area contributed by atoms with Gasteiger partial charge in [-0.25, -0.2) is 4.79 Å². The van der Waals surface area contributed by atoms with Crippen molar-refractivity contribution in [1.29, 1.82) is 0 Å². The minimum atomic E-state index is -1.53. The monoisotopic (exact) mass is 790 g/mol. The maximum absolute atomic E-state index is 13.1. The van der Waals surface area contributed by atoms with E-state index in [0.717, 1.165) is 33.3 Å². The molecule has 1 fully saturated rings. The molecule has 0 radical (unpaired) electrons.